The Morgan fingerprint density at radius 1 is 0.952 bits per heavy atom. The molecule has 0 aliphatic carbocycles. The lowest BCUT2D eigenvalue weighted by atomic mass is 9.99. The lowest BCUT2D eigenvalue weighted by Gasteiger charge is -2.23. The molecule has 0 aromatic heterocycles. The van der Waals surface area contributed by atoms with Crippen molar-refractivity contribution < 1.29 is 0 Å². The minimum atomic E-state index is 0.437. The average molecular weight is 288 g/mol. The minimum Gasteiger partial charge on any atom is -0.310 e. The number of likely N-dealkylation sites (tertiary alicyclic amines) is 1. The highest BCUT2D eigenvalue weighted by atomic mass is 15.1. The van der Waals surface area contributed by atoms with Crippen LogP contribution in [0.3, 0.4) is 0 Å². The summed E-state index contributed by atoms with van der Waals surface area (Å²) in [7, 11) is 0. The molecule has 0 saturated carbocycles. The van der Waals surface area contributed by atoms with Crippen molar-refractivity contribution in [3.63, 3.8) is 0 Å². The molecular weight excluding hydrogens is 256 g/mol. The highest BCUT2D eigenvalue weighted by Gasteiger charge is 2.15. The fourth-order valence-electron chi connectivity index (χ4n) is 3.14. The predicted molar refractivity (Wildman–Crippen MR) is 91.8 cm³/mol. The van der Waals surface area contributed by atoms with Crippen molar-refractivity contribution in [3.05, 3.63) is 35.4 Å². The van der Waals surface area contributed by atoms with E-state index in [2.05, 4.69) is 62.2 Å². The van der Waals surface area contributed by atoms with Crippen LogP contribution in [0, 0.1) is 5.92 Å². The van der Waals surface area contributed by atoms with Gasteiger partial charge in [-0.15, -0.1) is 0 Å². The molecule has 1 aliphatic rings. The average Bonchev–Trinajstić information content (AvgIpc) is 2.97. The first kappa shape index (κ1) is 16.5. The van der Waals surface area contributed by atoms with Crippen LogP contribution in [0.25, 0.3) is 0 Å². The molecule has 0 spiro atoms. The Labute approximate surface area is 130 Å². The van der Waals surface area contributed by atoms with Crippen LogP contribution < -0.4 is 5.32 Å². The van der Waals surface area contributed by atoms with E-state index in [4.69, 9.17) is 0 Å². The zero-order valence-corrected chi connectivity index (χ0v) is 14.2. The van der Waals surface area contributed by atoms with Crippen molar-refractivity contribution in [2.24, 2.45) is 5.92 Å². The Morgan fingerprint density at radius 3 is 2.10 bits per heavy atom. The second kappa shape index (κ2) is 7.95. The molecule has 118 valence electrons. The summed E-state index contributed by atoms with van der Waals surface area (Å²) in [6.07, 6.45) is 2.78. The predicted octanol–water partition coefficient (Wildman–Crippen LogP) is 4.19. The molecule has 2 rings (SSSR count). The van der Waals surface area contributed by atoms with Crippen LogP contribution in [0.15, 0.2) is 24.3 Å². The van der Waals surface area contributed by atoms with E-state index in [1.54, 1.807) is 0 Å². The maximum absolute atomic E-state index is 3.69. The highest BCUT2D eigenvalue weighted by Crippen LogP contribution is 2.19. The first-order valence-electron chi connectivity index (χ1n) is 8.62. The first-order valence-corrected chi connectivity index (χ1v) is 8.62. The van der Waals surface area contributed by atoms with Gasteiger partial charge in [0.25, 0.3) is 0 Å². The molecule has 0 bridgehead atoms. The minimum absolute atomic E-state index is 0.437. The standard InChI is InChI=1S/C19H32N2/c1-15(2)18-7-9-19(10-8-18)17(4)20-13-16(3)14-21-11-5-6-12-21/h7-10,15-17,20H,5-6,11-14H2,1-4H3. The monoisotopic (exact) mass is 288 g/mol. The Kier molecular flexibility index (Phi) is 6.25. The number of nitrogens with one attached hydrogen (secondary N) is 1. The van der Waals surface area contributed by atoms with Crippen molar-refractivity contribution in [1.29, 1.82) is 0 Å². The van der Waals surface area contributed by atoms with Gasteiger partial charge in [-0.2, -0.15) is 0 Å². The number of benzene rings is 1. The van der Waals surface area contributed by atoms with E-state index in [0.717, 1.165) is 12.5 Å². The van der Waals surface area contributed by atoms with E-state index in [0.29, 0.717) is 12.0 Å². The molecule has 1 aliphatic heterocycles. The van der Waals surface area contributed by atoms with Gasteiger partial charge in [-0.1, -0.05) is 45.0 Å². The largest absolute Gasteiger partial charge is 0.310 e. The third-order valence-corrected chi connectivity index (χ3v) is 4.64. The van der Waals surface area contributed by atoms with Crippen molar-refractivity contribution in [3.8, 4) is 0 Å². The maximum Gasteiger partial charge on any atom is 0.0291 e. The van der Waals surface area contributed by atoms with Crippen LogP contribution in [0.1, 0.15) is 63.6 Å². The lowest BCUT2D eigenvalue weighted by Crippen LogP contribution is -2.32. The van der Waals surface area contributed by atoms with Crippen molar-refractivity contribution in [2.75, 3.05) is 26.2 Å². The van der Waals surface area contributed by atoms with Crippen molar-refractivity contribution in [1.82, 2.24) is 10.2 Å². The summed E-state index contributed by atoms with van der Waals surface area (Å²) in [5.41, 5.74) is 2.82. The van der Waals surface area contributed by atoms with Crippen LogP contribution >= 0.6 is 0 Å². The third-order valence-electron chi connectivity index (χ3n) is 4.64. The van der Waals surface area contributed by atoms with E-state index in [1.165, 1.54) is 43.6 Å². The van der Waals surface area contributed by atoms with Gasteiger partial charge in [0.1, 0.15) is 0 Å². The third kappa shape index (κ3) is 5.12. The number of hydrogen-bond acceptors (Lipinski definition) is 2. The van der Waals surface area contributed by atoms with Gasteiger partial charge in [0.05, 0.1) is 0 Å². The molecule has 2 heteroatoms. The number of nitrogens with zero attached hydrogens (tertiary/aromatic N) is 1. The zero-order chi connectivity index (χ0) is 15.2. The van der Waals surface area contributed by atoms with Crippen LogP contribution in [0.4, 0.5) is 0 Å². The van der Waals surface area contributed by atoms with E-state index >= 15 is 0 Å². The van der Waals surface area contributed by atoms with Gasteiger partial charge in [-0.05, 0) is 62.4 Å². The molecular formula is C19H32N2. The normalized spacial score (nSPS) is 19.1. The molecule has 2 nitrogen and oxygen atoms in total. The van der Waals surface area contributed by atoms with Gasteiger partial charge < -0.3 is 10.2 Å². The summed E-state index contributed by atoms with van der Waals surface area (Å²) in [6.45, 7) is 14.1. The SMILES string of the molecule is CC(CNC(C)c1ccc(C(C)C)cc1)CN1CCCC1. The summed E-state index contributed by atoms with van der Waals surface area (Å²) in [6, 6.07) is 9.53. The summed E-state index contributed by atoms with van der Waals surface area (Å²) in [5, 5.41) is 3.69. The smallest absolute Gasteiger partial charge is 0.0291 e. The molecule has 0 amide bonds. The van der Waals surface area contributed by atoms with Crippen LogP contribution in [0.5, 0.6) is 0 Å². The molecule has 1 fully saturated rings. The maximum atomic E-state index is 3.69. The van der Waals surface area contributed by atoms with E-state index in [1.807, 2.05) is 0 Å². The van der Waals surface area contributed by atoms with Gasteiger partial charge in [0, 0.05) is 12.6 Å². The molecule has 2 atom stereocenters. The van der Waals surface area contributed by atoms with E-state index in [9.17, 15) is 0 Å². The topological polar surface area (TPSA) is 15.3 Å². The summed E-state index contributed by atoms with van der Waals surface area (Å²) in [5.74, 6) is 1.34. The fourth-order valence-corrected chi connectivity index (χ4v) is 3.14. The molecule has 1 aromatic carbocycles. The summed E-state index contributed by atoms with van der Waals surface area (Å²) in [4.78, 5) is 2.61. The molecule has 1 saturated heterocycles. The van der Waals surface area contributed by atoms with Crippen molar-refractivity contribution >= 4 is 0 Å². The number of hydrogen-bond donors (Lipinski definition) is 1. The van der Waals surface area contributed by atoms with Crippen LogP contribution in [-0.2, 0) is 0 Å². The lowest BCUT2D eigenvalue weighted by molar-refractivity contribution is 0.279. The fraction of sp³-hybridized carbons (Fsp3) is 0.684. The molecule has 21 heavy (non-hydrogen) atoms. The molecule has 0 radical (unpaired) electrons. The Bertz CT molecular complexity index is 404. The highest BCUT2D eigenvalue weighted by molar-refractivity contribution is 5.26. The van der Waals surface area contributed by atoms with Gasteiger partial charge >= 0.3 is 0 Å². The Hall–Kier alpha value is -0.860. The van der Waals surface area contributed by atoms with Gasteiger partial charge in [0.15, 0.2) is 0 Å². The Balaban J connectivity index is 1.76. The van der Waals surface area contributed by atoms with Gasteiger partial charge in [-0.3, -0.25) is 0 Å². The second-order valence-electron chi connectivity index (χ2n) is 7.06. The number of rotatable bonds is 7. The van der Waals surface area contributed by atoms with Crippen LogP contribution in [-0.4, -0.2) is 31.1 Å². The second-order valence-corrected chi connectivity index (χ2v) is 7.06. The van der Waals surface area contributed by atoms with Gasteiger partial charge in [-0.25, -0.2) is 0 Å². The zero-order valence-electron chi connectivity index (χ0n) is 14.2. The molecule has 1 aromatic rings. The first-order chi connectivity index (χ1) is 10.1. The molecule has 2 unspecified atom stereocenters. The summed E-state index contributed by atoms with van der Waals surface area (Å²) >= 11 is 0. The van der Waals surface area contributed by atoms with Crippen LogP contribution in [0.2, 0.25) is 0 Å². The Morgan fingerprint density at radius 2 is 1.52 bits per heavy atom. The van der Waals surface area contributed by atoms with Crippen molar-refractivity contribution in [2.45, 2.75) is 52.5 Å². The summed E-state index contributed by atoms with van der Waals surface area (Å²) < 4.78 is 0. The van der Waals surface area contributed by atoms with Gasteiger partial charge in [0.2, 0.25) is 0 Å². The van der Waals surface area contributed by atoms with E-state index in [-0.39, 0.29) is 0 Å². The quantitative estimate of drug-likeness (QED) is 0.809. The van der Waals surface area contributed by atoms with E-state index < -0.39 is 0 Å². The molecule has 1 heterocycles. The molecule has 1 N–H and O–H groups in total.